The van der Waals surface area contributed by atoms with E-state index in [4.69, 9.17) is 0 Å². The van der Waals surface area contributed by atoms with Crippen LogP contribution in [-0.4, -0.2) is 30.6 Å². The maximum atomic E-state index is 10.7. The van der Waals surface area contributed by atoms with E-state index in [-0.39, 0.29) is 0 Å². The molecule has 0 aromatic heterocycles. The lowest BCUT2D eigenvalue weighted by Crippen LogP contribution is -2.48. The molecule has 0 aliphatic carbocycles. The lowest BCUT2D eigenvalue weighted by molar-refractivity contribution is -0.128. The first-order chi connectivity index (χ1) is 4.87. The molecule has 0 spiro atoms. The second-order valence-electron chi connectivity index (χ2n) is 3.62. The van der Waals surface area contributed by atoms with Crippen LogP contribution >= 0.6 is 0 Å². The van der Waals surface area contributed by atoms with Gasteiger partial charge in [0.2, 0.25) is 0 Å². The summed E-state index contributed by atoms with van der Waals surface area (Å²) in [4.78, 5) is 10.7. The van der Waals surface area contributed by atoms with Crippen LogP contribution in [0.15, 0.2) is 0 Å². The Morgan fingerprint density at radius 2 is 1.91 bits per heavy atom. The zero-order valence-electron chi connectivity index (χ0n) is 7.64. The van der Waals surface area contributed by atoms with Crippen molar-refractivity contribution in [2.45, 2.75) is 26.4 Å². The summed E-state index contributed by atoms with van der Waals surface area (Å²) in [7, 11) is 1.76. The van der Waals surface area contributed by atoms with E-state index in [2.05, 4.69) is 5.32 Å². The van der Waals surface area contributed by atoms with E-state index in [1.807, 2.05) is 0 Å². The highest BCUT2D eigenvalue weighted by atomic mass is 16.3. The Kier molecular flexibility index (Phi) is 3.20. The van der Waals surface area contributed by atoms with Gasteiger partial charge in [0.1, 0.15) is 6.29 Å². The van der Waals surface area contributed by atoms with Crippen LogP contribution in [0.1, 0.15) is 20.8 Å². The average Bonchev–Trinajstić information content (AvgIpc) is 1.86. The molecule has 66 valence electrons. The molecule has 0 aromatic rings. The highest BCUT2D eigenvalue weighted by molar-refractivity contribution is 5.61. The summed E-state index contributed by atoms with van der Waals surface area (Å²) < 4.78 is 0. The lowest BCUT2D eigenvalue weighted by atomic mass is 9.77. The average molecular weight is 159 g/mol. The van der Waals surface area contributed by atoms with Gasteiger partial charge in [-0.3, -0.25) is 0 Å². The van der Waals surface area contributed by atoms with Gasteiger partial charge in [0, 0.05) is 6.54 Å². The summed E-state index contributed by atoms with van der Waals surface area (Å²) >= 11 is 0. The fourth-order valence-corrected chi connectivity index (χ4v) is 0.769. The molecule has 0 bridgehead atoms. The van der Waals surface area contributed by atoms with Gasteiger partial charge in [-0.1, -0.05) is 0 Å². The fraction of sp³-hybridized carbons (Fsp3) is 0.875. The predicted molar refractivity (Wildman–Crippen MR) is 44.4 cm³/mol. The van der Waals surface area contributed by atoms with E-state index in [0.29, 0.717) is 6.54 Å². The molecule has 0 aliphatic heterocycles. The molecule has 0 saturated carbocycles. The Balaban J connectivity index is 4.46. The van der Waals surface area contributed by atoms with Gasteiger partial charge in [0.05, 0.1) is 11.0 Å². The first-order valence-electron chi connectivity index (χ1n) is 3.71. The van der Waals surface area contributed by atoms with Crippen LogP contribution in [0.5, 0.6) is 0 Å². The smallest absolute Gasteiger partial charge is 0.130 e. The molecule has 0 saturated heterocycles. The molecule has 0 fully saturated rings. The molecule has 3 heteroatoms. The van der Waals surface area contributed by atoms with E-state index >= 15 is 0 Å². The molecule has 0 heterocycles. The van der Waals surface area contributed by atoms with Crippen LogP contribution in [0.2, 0.25) is 0 Å². The van der Waals surface area contributed by atoms with Gasteiger partial charge < -0.3 is 15.2 Å². The van der Waals surface area contributed by atoms with Crippen molar-refractivity contribution in [1.82, 2.24) is 5.32 Å². The first-order valence-corrected chi connectivity index (χ1v) is 3.71. The molecule has 0 aromatic carbocycles. The molecule has 0 amide bonds. The van der Waals surface area contributed by atoms with Crippen molar-refractivity contribution >= 4 is 6.29 Å². The van der Waals surface area contributed by atoms with Crippen molar-refractivity contribution in [3.05, 3.63) is 0 Å². The van der Waals surface area contributed by atoms with Crippen LogP contribution < -0.4 is 5.32 Å². The van der Waals surface area contributed by atoms with Gasteiger partial charge in [-0.2, -0.15) is 0 Å². The second-order valence-corrected chi connectivity index (χ2v) is 3.62. The monoisotopic (exact) mass is 159 g/mol. The number of carbonyl (C=O) groups is 1. The van der Waals surface area contributed by atoms with E-state index in [1.54, 1.807) is 27.8 Å². The van der Waals surface area contributed by atoms with Gasteiger partial charge in [-0.15, -0.1) is 0 Å². The van der Waals surface area contributed by atoms with Crippen LogP contribution in [0, 0.1) is 5.41 Å². The van der Waals surface area contributed by atoms with Crippen LogP contribution in [-0.2, 0) is 4.79 Å². The molecular weight excluding hydrogens is 142 g/mol. The lowest BCUT2D eigenvalue weighted by Gasteiger charge is -2.35. The SMILES string of the molecule is CNC[C@](C)(C=O)C(C)(C)O. The number of carbonyl (C=O) groups excluding carboxylic acids is 1. The van der Waals surface area contributed by atoms with Gasteiger partial charge in [0.25, 0.3) is 0 Å². The van der Waals surface area contributed by atoms with Gasteiger partial charge in [0.15, 0.2) is 0 Å². The summed E-state index contributed by atoms with van der Waals surface area (Å²) in [5.74, 6) is 0. The number of aldehydes is 1. The topological polar surface area (TPSA) is 49.3 Å². The van der Waals surface area contributed by atoms with Crippen molar-refractivity contribution in [3.8, 4) is 0 Å². The van der Waals surface area contributed by atoms with Crippen molar-refractivity contribution in [3.63, 3.8) is 0 Å². The van der Waals surface area contributed by atoms with Crippen LogP contribution in [0.25, 0.3) is 0 Å². The highest BCUT2D eigenvalue weighted by Crippen LogP contribution is 2.27. The van der Waals surface area contributed by atoms with Crippen molar-refractivity contribution in [2.75, 3.05) is 13.6 Å². The zero-order valence-corrected chi connectivity index (χ0v) is 7.64. The maximum Gasteiger partial charge on any atom is 0.130 e. The number of hydrogen-bond acceptors (Lipinski definition) is 3. The minimum Gasteiger partial charge on any atom is -0.389 e. The van der Waals surface area contributed by atoms with E-state index in [9.17, 15) is 9.90 Å². The summed E-state index contributed by atoms with van der Waals surface area (Å²) in [6.07, 6.45) is 0.795. The van der Waals surface area contributed by atoms with Crippen molar-refractivity contribution in [2.24, 2.45) is 5.41 Å². The number of rotatable bonds is 4. The van der Waals surface area contributed by atoms with Crippen molar-refractivity contribution in [1.29, 1.82) is 0 Å². The molecule has 0 radical (unpaired) electrons. The van der Waals surface area contributed by atoms with Gasteiger partial charge >= 0.3 is 0 Å². The largest absolute Gasteiger partial charge is 0.389 e. The number of nitrogens with one attached hydrogen (secondary N) is 1. The third kappa shape index (κ3) is 2.27. The third-order valence-electron chi connectivity index (χ3n) is 2.20. The van der Waals surface area contributed by atoms with E-state index < -0.39 is 11.0 Å². The number of hydrogen-bond donors (Lipinski definition) is 2. The standard InChI is InChI=1S/C8H17NO2/c1-7(2,11)8(3,6-10)5-9-4/h6,9,11H,5H2,1-4H3/t8-/m1/s1. The fourth-order valence-electron chi connectivity index (χ4n) is 0.769. The Labute approximate surface area is 67.8 Å². The Hall–Kier alpha value is -0.410. The molecule has 0 aliphatic rings. The summed E-state index contributed by atoms with van der Waals surface area (Å²) in [6.45, 7) is 5.49. The predicted octanol–water partition coefficient (Wildman–Crippen LogP) is 0.182. The molecule has 0 unspecified atom stereocenters. The van der Waals surface area contributed by atoms with E-state index in [0.717, 1.165) is 6.29 Å². The molecule has 3 nitrogen and oxygen atoms in total. The highest BCUT2D eigenvalue weighted by Gasteiger charge is 2.38. The molecule has 0 rings (SSSR count). The summed E-state index contributed by atoms with van der Waals surface area (Å²) in [5.41, 5.74) is -1.68. The van der Waals surface area contributed by atoms with Gasteiger partial charge in [-0.25, -0.2) is 0 Å². The maximum absolute atomic E-state index is 10.7. The minimum atomic E-state index is -0.974. The Morgan fingerprint density at radius 1 is 1.45 bits per heavy atom. The summed E-state index contributed by atoms with van der Waals surface area (Å²) in [5, 5.41) is 12.5. The number of aliphatic hydroxyl groups is 1. The summed E-state index contributed by atoms with van der Waals surface area (Å²) in [6, 6.07) is 0. The first kappa shape index (κ1) is 10.6. The van der Waals surface area contributed by atoms with Crippen LogP contribution in [0.4, 0.5) is 0 Å². The molecule has 2 N–H and O–H groups in total. The van der Waals surface area contributed by atoms with Gasteiger partial charge in [-0.05, 0) is 27.8 Å². The zero-order chi connectivity index (χ0) is 9.12. The Bertz CT molecular complexity index is 140. The molecular formula is C8H17NO2. The second kappa shape index (κ2) is 3.32. The molecule has 1 atom stereocenters. The Morgan fingerprint density at radius 3 is 2.00 bits per heavy atom. The molecule has 11 heavy (non-hydrogen) atoms. The normalized spacial score (nSPS) is 17.5. The quantitative estimate of drug-likeness (QED) is 0.575. The third-order valence-corrected chi connectivity index (χ3v) is 2.20. The van der Waals surface area contributed by atoms with Crippen LogP contribution in [0.3, 0.4) is 0 Å². The van der Waals surface area contributed by atoms with Crippen molar-refractivity contribution < 1.29 is 9.90 Å². The van der Waals surface area contributed by atoms with E-state index in [1.165, 1.54) is 0 Å². The minimum absolute atomic E-state index is 0.486.